The van der Waals surface area contributed by atoms with Crippen molar-refractivity contribution in [1.82, 2.24) is 9.55 Å². The number of benzene rings is 2. The zero-order chi connectivity index (χ0) is 18.7. The number of halogens is 1. The van der Waals surface area contributed by atoms with Gasteiger partial charge < -0.3 is 19.1 Å². The maximum atomic E-state index is 11.8. The number of hydrogen-bond donors (Lipinski definition) is 1. The lowest BCUT2D eigenvalue weighted by Gasteiger charge is -2.10. The van der Waals surface area contributed by atoms with Crippen LogP contribution in [0.2, 0.25) is 0 Å². The molecular weight excluding hydrogens is 400 g/mol. The molecule has 136 valence electrons. The van der Waals surface area contributed by atoms with E-state index in [0.29, 0.717) is 25.1 Å². The van der Waals surface area contributed by atoms with Crippen molar-refractivity contribution in [2.45, 2.75) is 13.0 Å². The summed E-state index contributed by atoms with van der Waals surface area (Å²) in [6.07, 6.45) is 0.463. The fraction of sp³-hybridized carbons (Fsp3) is 0.263. The summed E-state index contributed by atoms with van der Waals surface area (Å²) in [5.74, 6) is 0.607. The van der Waals surface area contributed by atoms with E-state index in [4.69, 9.17) is 9.47 Å². The van der Waals surface area contributed by atoms with Crippen molar-refractivity contribution >= 4 is 32.9 Å². The van der Waals surface area contributed by atoms with E-state index in [-0.39, 0.29) is 5.75 Å². The van der Waals surface area contributed by atoms with Crippen LogP contribution in [-0.4, -0.2) is 41.5 Å². The second kappa shape index (κ2) is 7.88. The molecular formula is C19H19BrN2O4. The Morgan fingerprint density at radius 3 is 2.73 bits per heavy atom. The number of ether oxygens (including phenoxy) is 2. The first-order chi connectivity index (χ1) is 12.5. The molecule has 0 amide bonds. The molecule has 1 N–H and O–H groups in total. The standard InChI is InChI=1S/C19H19BrN2O4/c1-25-8-7-22-16-9-13(19(24)26-2)4-6-15(16)21-18(22)10-12-3-5-14(20)11-17(12)23/h3-6,9,11,23H,7-8,10H2,1-2H3. The van der Waals surface area contributed by atoms with E-state index in [9.17, 15) is 9.90 Å². The van der Waals surface area contributed by atoms with Gasteiger partial charge in [0.1, 0.15) is 11.6 Å². The van der Waals surface area contributed by atoms with Crippen LogP contribution in [0.15, 0.2) is 40.9 Å². The number of carbonyl (C=O) groups excluding carboxylic acids is 1. The van der Waals surface area contributed by atoms with Gasteiger partial charge in [0.25, 0.3) is 0 Å². The Morgan fingerprint density at radius 1 is 1.23 bits per heavy atom. The number of fused-ring (bicyclic) bond motifs is 1. The molecule has 2 aromatic carbocycles. The molecule has 0 radical (unpaired) electrons. The second-order valence-corrected chi connectivity index (χ2v) is 6.73. The highest BCUT2D eigenvalue weighted by Gasteiger charge is 2.15. The van der Waals surface area contributed by atoms with Gasteiger partial charge in [-0.2, -0.15) is 0 Å². The molecule has 0 aliphatic carbocycles. The van der Waals surface area contributed by atoms with Crippen molar-refractivity contribution in [3.8, 4) is 5.75 Å². The van der Waals surface area contributed by atoms with Gasteiger partial charge in [-0.25, -0.2) is 9.78 Å². The summed E-state index contributed by atoms with van der Waals surface area (Å²) in [6.45, 7) is 1.09. The Kier molecular flexibility index (Phi) is 5.58. The topological polar surface area (TPSA) is 73.6 Å². The number of methoxy groups -OCH3 is 2. The second-order valence-electron chi connectivity index (χ2n) is 5.82. The van der Waals surface area contributed by atoms with Crippen LogP contribution in [0, 0.1) is 0 Å². The highest BCUT2D eigenvalue weighted by molar-refractivity contribution is 9.10. The number of esters is 1. The van der Waals surface area contributed by atoms with Gasteiger partial charge in [0, 0.05) is 30.1 Å². The van der Waals surface area contributed by atoms with E-state index in [1.165, 1.54) is 7.11 Å². The van der Waals surface area contributed by atoms with Gasteiger partial charge >= 0.3 is 5.97 Å². The molecule has 26 heavy (non-hydrogen) atoms. The van der Waals surface area contributed by atoms with Crippen LogP contribution in [0.3, 0.4) is 0 Å². The number of hydrogen-bond acceptors (Lipinski definition) is 5. The Hall–Kier alpha value is -2.38. The van der Waals surface area contributed by atoms with Crippen molar-refractivity contribution in [2.24, 2.45) is 0 Å². The lowest BCUT2D eigenvalue weighted by atomic mass is 10.1. The molecule has 1 heterocycles. The van der Waals surface area contributed by atoms with Crippen LogP contribution < -0.4 is 0 Å². The van der Waals surface area contributed by atoms with Crippen molar-refractivity contribution in [3.63, 3.8) is 0 Å². The maximum absolute atomic E-state index is 11.8. The molecule has 0 bridgehead atoms. The number of rotatable bonds is 6. The quantitative estimate of drug-likeness (QED) is 0.619. The molecule has 0 unspecified atom stereocenters. The molecule has 0 aliphatic heterocycles. The number of aromatic nitrogens is 2. The predicted octanol–water partition coefficient (Wildman–Crippen LogP) is 3.53. The molecule has 7 heteroatoms. The SMILES string of the molecule is COCCn1c(Cc2ccc(Br)cc2O)nc2ccc(C(=O)OC)cc21. The van der Waals surface area contributed by atoms with E-state index >= 15 is 0 Å². The van der Waals surface area contributed by atoms with Gasteiger partial charge in [-0.1, -0.05) is 22.0 Å². The third-order valence-electron chi connectivity index (χ3n) is 4.16. The third kappa shape index (κ3) is 3.73. The highest BCUT2D eigenvalue weighted by Crippen LogP contribution is 2.26. The van der Waals surface area contributed by atoms with Crippen molar-refractivity contribution < 1.29 is 19.4 Å². The lowest BCUT2D eigenvalue weighted by molar-refractivity contribution is 0.0601. The van der Waals surface area contributed by atoms with E-state index in [0.717, 1.165) is 26.9 Å². The summed E-state index contributed by atoms with van der Waals surface area (Å²) in [7, 11) is 3.00. The average molecular weight is 419 g/mol. The van der Waals surface area contributed by atoms with Gasteiger partial charge in [-0.05, 0) is 30.3 Å². The summed E-state index contributed by atoms with van der Waals surface area (Å²) in [5, 5.41) is 10.2. The van der Waals surface area contributed by atoms with Crippen LogP contribution in [-0.2, 0) is 22.4 Å². The number of phenolic OH excluding ortho intramolecular Hbond substituents is 1. The molecule has 3 rings (SSSR count). The van der Waals surface area contributed by atoms with E-state index in [1.807, 2.05) is 16.7 Å². The summed E-state index contributed by atoms with van der Waals surface area (Å²) in [5.41, 5.74) is 2.85. The molecule has 0 saturated heterocycles. The minimum absolute atomic E-state index is 0.208. The monoisotopic (exact) mass is 418 g/mol. The predicted molar refractivity (Wildman–Crippen MR) is 102 cm³/mol. The largest absolute Gasteiger partial charge is 0.508 e. The summed E-state index contributed by atoms with van der Waals surface area (Å²) in [6, 6.07) is 10.7. The first-order valence-electron chi connectivity index (χ1n) is 8.07. The molecule has 3 aromatic rings. The van der Waals surface area contributed by atoms with Gasteiger partial charge in [0.05, 0.1) is 30.3 Å². The maximum Gasteiger partial charge on any atom is 0.337 e. The van der Waals surface area contributed by atoms with E-state index in [2.05, 4.69) is 20.9 Å². The van der Waals surface area contributed by atoms with Crippen LogP contribution in [0.25, 0.3) is 11.0 Å². The Labute approximate surface area is 159 Å². The fourth-order valence-corrected chi connectivity index (χ4v) is 3.19. The Bertz CT molecular complexity index is 952. The Balaban J connectivity index is 2.06. The number of phenols is 1. The number of aromatic hydroxyl groups is 1. The molecule has 0 fully saturated rings. The van der Waals surface area contributed by atoms with E-state index in [1.54, 1.807) is 31.4 Å². The number of nitrogens with zero attached hydrogens (tertiary/aromatic N) is 2. The van der Waals surface area contributed by atoms with Crippen molar-refractivity contribution in [3.05, 3.63) is 57.8 Å². The molecule has 0 saturated carbocycles. The smallest absolute Gasteiger partial charge is 0.337 e. The van der Waals surface area contributed by atoms with Crippen LogP contribution in [0.4, 0.5) is 0 Å². The first-order valence-corrected chi connectivity index (χ1v) is 8.86. The van der Waals surface area contributed by atoms with E-state index < -0.39 is 5.97 Å². The van der Waals surface area contributed by atoms with Gasteiger partial charge in [-0.15, -0.1) is 0 Å². The average Bonchev–Trinajstić information content (AvgIpc) is 2.97. The Morgan fingerprint density at radius 2 is 2.04 bits per heavy atom. The van der Waals surface area contributed by atoms with Gasteiger partial charge in [0.2, 0.25) is 0 Å². The lowest BCUT2D eigenvalue weighted by Crippen LogP contribution is -2.09. The van der Waals surface area contributed by atoms with Crippen molar-refractivity contribution in [2.75, 3.05) is 20.8 Å². The third-order valence-corrected chi connectivity index (χ3v) is 4.66. The molecule has 0 aliphatic rings. The van der Waals surface area contributed by atoms with Crippen molar-refractivity contribution in [1.29, 1.82) is 0 Å². The minimum atomic E-state index is -0.390. The normalized spacial score (nSPS) is 11.0. The minimum Gasteiger partial charge on any atom is -0.508 e. The number of carbonyl (C=O) groups is 1. The van der Waals surface area contributed by atoms with Crippen LogP contribution >= 0.6 is 15.9 Å². The highest BCUT2D eigenvalue weighted by atomic mass is 79.9. The fourth-order valence-electron chi connectivity index (χ4n) is 2.84. The summed E-state index contributed by atoms with van der Waals surface area (Å²) >= 11 is 3.35. The van der Waals surface area contributed by atoms with Gasteiger partial charge in [0.15, 0.2) is 0 Å². The number of imidazole rings is 1. The van der Waals surface area contributed by atoms with Crippen LogP contribution in [0.1, 0.15) is 21.7 Å². The van der Waals surface area contributed by atoms with Gasteiger partial charge in [-0.3, -0.25) is 0 Å². The molecule has 6 nitrogen and oxygen atoms in total. The summed E-state index contributed by atoms with van der Waals surface area (Å²) < 4.78 is 12.8. The summed E-state index contributed by atoms with van der Waals surface area (Å²) in [4.78, 5) is 16.5. The zero-order valence-corrected chi connectivity index (χ0v) is 16.1. The molecule has 1 aromatic heterocycles. The first kappa shape index (κ1) is 18.4. The molecule has 0 atom stereocenters. The van der Waals surface area contributed by atoms with Crippen LogP contribution in [0.5, 0.6) is 5.75 Å². The zero-order valence-electron chi connectivity index (χ0n) is 14.5. The molecule has 0 spiro atoms.